The normalized spacial score (nSPS) is 10.1. The molecule has 0 atom stereocenters. The zero-order valence-corrected chi connectivity index (χ0v) is 14.2. The zero-order valence-electron chi connectivity index (χ0n) is 13.5. The number of halogens is 1. The molecule has 6 heteroatoms. The van der Waals surface area contributed by atoms with Crippen LogP contribution < -0.4 is 10.1 Å². The molecule has 0 saturated heterocycles. The summed E-state index contributed by atoms with van der Waals surface area (Å²) in [6.45, 7) is 3.28. The summed E-state index contributed by atoms with van der Waals surface area (Å²) in [5.74, 6) is -0.585. The van der Waals surface area contributed by atoms with Gasteiger partial charge in [0.15, 0.2) is 13.2 Å². The van der Waals surface area contributed by atoms with Crippen molar-refractivity contribution >= 4 is 29.2 Å². The number of amides is 1. The van der Waals surface area contributed by atoms with Gasteiger partial charge in [0, 0.05) is 10.7 Å². The van der Waals surface area contributed by atoms with Crippen LogP contribution in [0.15, 0.2) is 42.5 Å². The Bertz CT molecular complexity index is 746. The fourth-order valence-electron chi connectivity index (χ4n) is 1.90. The Morgan fingerprint density at radius 3 is 2.54 bits per heavy atom. The van der Waals surface area contributed by atoms with Crippen LogP contribution >= 0.6 is 11.6 Å². The first-order valence-electron chi connectivity index (χ1n) is 7.35. The number of hydrogen-bond donors (Lipinski definition) is 1. The summed E-state index contributed by atoms with van der Waals surface area (Å²) in [5.41, 5.74) is 2.87. The van der Waals surface area contributed by atoms with Crippen LogP contribution in [-0.4, -0.2) is 25.1 Å². The standard InChI is InChI=1S/C18H18ClNO4/c1-12-6-7-15(8-13(12)2)20-17(21)10-24-18(22)11-23-16-5-3-4-14(19)9-16/h3-9H,10-11H2,1-2H3,(H,20,21). The van der Waals surface area contributed by atoms with Crippen LogP contribution in [-0.2, 0) is 14.3 Å². The van der Waals surface area contributed by atoms with Crippen LogP contribution in [0.2, 0.25) is 5.02 Å². The Hall–Kier alpha value is -2.53. The van der Waals surface area contributed by atoms with Gasteiger partial charge >= 0.3 is 5.97 Å². The molecule has 0 radical (unpaired) electrons. The average molecular weight is 348 g/mol. The van der Waals surface area contributed by atoms with Crippen molar-refractivity contribution in [1.82, 2.24) is 0 Å². The highest BCUT2D eigenvalue weighted by molar-refractivity contribution is 6.30. The van der Waals surface area contributed by atoms with E-state index < -0.39 is 11.9 Å². The van der Waals surface area contributed by atoms with E-state index in [2.05, 4.69) is 5.32 Å². The molecule has 0 unspecified atom stereocenters. The quantitative estimate of drug-likeness (QED) is 0.812. The molecule has 0 aliphatic rings. The van der Waals surface area contributed by atoms with E-state index in [4.69, 9.17) is 21.1 Å². The summed E-state index contributed by atoms with van der Waals surface area (Å²) in [6, 6.07) is 12.2. The van der Waals surface area contributed by atoms with Gasteiger partial charge in [0.2, 0.25) is 0 Å². The summed E-state index contributed by atoms with van der Waals surface area (Å²) >= 11 is 5.81. The fraction of sp³-hybridized carbons (Fsp3) is 0.222. The van der Waals surface area contributed by atoms with Crippen LogP contribution in [0.4, 0.5) is 5.69 Å². The van der Waals surface area contributed by atoms with Crippen molar-refractivity contribution in [2.24, 2.45) is 0 Å². The van der Waals surface area contributed by atoms with Gasteiger partial charge in [-0.15, -0.1) is 0 Å². The van der Waals surface area contributed by atoms with Gasteiger partial charge in [-0.2, -0.15) is 0 Å². The lowest BCUT2D eigenvalue weighted by Gasteiger charge is -2.09. The largest absolute Gasteiger partial charge is 0.482 e. The van der Waals surface area contributed by atoms with E-state index in [9.17, 15) is 9.59 Å². The van der Waals surface area contributed by atoms with Gasteiger partial charge in [-0.05, 0) is 55.3 Å². The fourth-order valence-corrected chi connectivity index (χ4v) is 2.08. The van der Waals surface area contributed by atoms with Crippen molar-refractivity contribution in [3.63, 3.8) is 0 Å². The molecule has 0 heterocycles. The minimum atomic E-state index is -0.634. The van der Waals surface area contributed by atoms with Crippen molar-refractivity contribution in [2.45, 2.75) is 13.8 Å². The topological polar surface area (TPSA) is 64.6 Å². The van der Waals surface area contributed by atoms with Gasteiger partial charge in [-0.3, -0.25) is 4.79 Å². The van der Waals surface area contributed by atoms with E-state index in [1.54, 1.807) is 30.3 Å². The number of nitrogens with one attached hydrogen (secondary N) is 1. The molecule has 0 fully saturated rings. The number of rotatable bonds is 6. The molecule has 2 aromatic rings. The number of ether oxygens (including phenoxy) is 2. The molecule has 1 N–H and O–H groups in total. The number of anilines is 1. The van der Waals surface area contributed by atoms with Crippen LogP contribution in [0.25, 0.3) is 0 Å². The molecular formula is C18H18ClNO4. The minimum absolute atomic E-state index is 0.294. The second-order valence-corrected chi connectivity index (χ2v) is 5.69. The highest BCUT2D eigenvalue weighted by Crippen LogP contribution is 2.17. The summed E-state index contributed by atoms with van der Waals surface area (Å²) in [4.78, 5) is 23.4. The van der Waals surface area contributed by atoms with Gasteiger partial charge in [0.1, 0.15) is 5.75 Å². The third kappa shape index (κ3) is 5.59. The van der Waals surface area contributed by atoms with Crippen molar-refractivity contribution in [3.8, 4) is 5.75 Å². The summed E-state index contributed by atoms with van der Waals surface area (Å²) < 4.78 is 10.1. The van der Waals surface area contributed by atoms with Gasteiger partial charge < -0.3 is 14.8 Å². The van der Waals surface area contributed by atoms with E-state index in [1.165, 1.54) is 0 Å². The molecule has 0 aliphatic heterocycles. The molecule has 2 aromatic carbocycles. The zero-order chi connectivity index (χ0) is 17.5. The van der Waals surface area contributed by atoms with Crippen molar-refractivity contribution in [3.05, 3.63) is 58.6 Å². The summed E-state index contributed by atoms with van der Waals surface area (Å²) in [5, 5.41) is 3.18. The molecule has 5 nitrogen and oxygen atoms in total. The van der Waals surface area contributed by atoms with Gasteiger partial charge in [0.05, 0.1) is 0 Å². The highest BCUT2D eigenvalue weighted by Gasteiger charge is 2.09. The maximum Gasteiger partial charge on any atom is 0.344 e. The smallest absolute Gasteiger partial charge is 0.344 e. The van der Waals surface area contributed by atoms with Crippen LogP contribution in [0.3, 0.4) is 0 Å². The Labute approximate surface area is 145 Å². The Balaban J connectivity index is 1.74. The number of hydrogen-bond acceptors (Lipinski definition) is 4. The van der Waals surface area contributed by atoms with Crippen LogP contribution in [0.1, 0.15) is 11.1 Å². The molecule has 24 heavy (non-hydrogen) atoms. The Morgan fingerprint density at radius 1 is 1.04 bits per heavy atom. The van der Waals surface area contributed by atoms with E-state index in [0.717, 1.165) is 11.1 Å². The van der Waals surface area contributed by atoms with Crippen molar-refractivity contribution < 1.29 is 19.1 Å². The molecule has 1 amide bonds. The van der Waals surface area contributed by atoms with Gasteiger partial charge in [-0.1, -0.05) is 23.7 Å². The Kier molecular flexibility index (Phi) is 6.21. The summed E-state index contributed by atoms with van der Waals surface area (Å²) in [6.07, 6.45) is 0. The molecule has 0 saturated carbocycles. The van der Waals surface area contributed by atoms with Crippen LogP contribution in [0.5, 0.6) is 5.75 Å². The molecule has 0 bridgehead atoms. The lowest BCUT2D eigenvalue weighted by molar-refractivity contribution is -0.149. The van der Waals surface area contributed by atoms with Gasteiger partial charge in [-0.25, -0.2) is 4.79 Å². The first-order valence-corrected chi connectivity index (χ1v) is 7.73. The van der Waals surface area contributed by atoms with Crippen LogP contribution in [0, 0.1) is 13.8 Å². The van der Waals surface area contributed by atoms with Gasteiger partial charge in [0.25, 0.3) is 5.91 Å². The molecule has 0 aliphatic carbocycles. The molecule has 2 rings (SSSR count). The molecule has 0 spiro atoms. The minimum Gasteiger partial charge on any atom is -0.482 e. The molecule has 0 aromatic heterocycles. The van der Waals surface area contributed by atoms with Crippen molar-refractivity contribution in [2.75, 3.05) is 18.5 Å². The average Bonchev–Trinajstić information content (AvgIpc) is 2.54. The predicted octanol–water partition coefficient (Wildman–Crippen LogP) is 3.52. The van der Waals surface area contributed by atoms with E-state index in [0.29, 0.717) is 16.5 Å². The lowest BCUT2D eigenvalue weighted by atomic mass is 10.1. The lowest BCUT2D eigenvalue weighted by Crippen LogP contribution is -2.23. The second kappa shape index (κ2) is 8.36. The second-order valence-electron chi connectivity index (χ2n) is 5.25. The monoisotopic (exact) mass is 347 g/mol. The Morgan fingerprint density at radius 2 is 1.83 bits per heavy atom. The summed E-state index contributed by atoms with van der Waals surface area (Å²) in [7, 11) is 0. The van der Waals surface area contributed by atoms with E-state index in [-0.39, 0.29) is 13.2 Å². The third-order valence-electron chi connectivity index (χ3n) is 3.31. The van der Waals surface area contributed by atoms with E-state index in [1.807, 2.05) is 26.0 Å². The maximum atomic E-state index is 11.8. The number of carbonyl (C=O) groups excluding carboxylic acids is 2. The SMILES string of the molecule is Cc1ccc(NC(=O)COC(=O)COc2cccc(Cl)c2)cc1C. The predicted molar refractivity (Wildman–Crippen MR) is 92.5 cm³/mol. The number of carbonyl (C=O) groups is 2. The maximum absolute atomic E-state index is 11.8. The third-order valence-corrected chi connectivity index (χ3v) is 3.54. The van der Waals surface area contributed by atoms with E-state index >= 15 is 0 Å². The number of benzene rings is 2. The molecule has 126 valence electrons. The first kappa shape index (κ1) is 17.8. The first-order chi connectivity index (χ1) is 11.4. The molecular weight excluding hydrogens is 330 g/mol. The number of esters is 1. The highest BCUT2D eigenvalue weighted by atomic mass is 35.5. The van der Waals surface area contributed by atoms with Crippen molar-refractivity contribution in [1.29, 1.82) is 0 Å². The number of aryl methyl sites for hydroxylation is 2.